The lowest BCUT2D eigenvalue weighted by Gasteiger charge is -2.16. The molecule has 0 spiro atoms. The van der Waals surface area contributed by atoms with Gasteiger partial charge in [-0.25, -0.2) is 4.79 Å². The molecular formula is C26H45N9O9. The summed E-state index contributed by atoms with van der Waals surface area (Å²) in [5.41, 5.74) is 15.6. The summed E-state index contributed by atoms with van der Waals surface area (Å²) in [5, 5.41) is 35.7. The molecule has 1 heterocycles. The number of nitrogens with two attached hydrogens (primary N) is 3. The summed E-state index contributed by atoms with van der Waals surface area (Å²) >= 11 is 0. The number of guanidine groups is 1. The molecule has 0 aliphatic rings. The number of nitrogens with zero attached hydrogens (tertiary/aromatic N) is 3. The molecule has 0 aliphatic carbocycles. The van der Waals surface area contributed by atoms with Crippen LogP contribution in [0.2, 0.25) is 0 Å². The molecule has 0 bridgehead atoms. The van der Waals surface area contributed by atoms with Gasteiger partial charge in [-0.15, -0.1) is 32.3 Å². The maximum atomic E-state index is 11.8. The van der Waals surface area contributed by atoms with E-state index in [9.17, 15) is 24.0 Å². The Morgan fingerprint density at radius 2 is 1.50 bits per heavy atom. The number of carbonyl (C=O) groups excluding carboxylic acids is 2. The van der Waals surface area contributed by atoms with E-state index < -0.39 is 61.3 Å². The highest BCUT2D eigenvalue weighted by Crippen LogP contribution is 2.10. The quantitative estimate of drug-likeness (QED) is 0.0591. The zero-order valence-corrected chi connectivity index (χ0v) is 25.4. The number of allylic oxidation sites excluding steroid dienone is 1. The maximum Gasteiger partial charge on any atom is 0.322 e. The van der Waals surface area contributed by atoms with E-state index in [0.717, 1.165) is 13.0 Å². The molecule has 0 unspecified atom stereocenters. The van der Waals surface area contributed by atoms with Crippen LogP contribution in [0, 0.1) is 25.7 Å². The van der Waals surface area contributed by atoms with E-state index in [1.807, 2.05) is 33.0 Å². The minimum absolute atomic E-state index is 0.0867. The van der Waals surface area contributed by atoms with Gasteiger partial charge in [-0.1, -0.05) is 32.0 Å². The van der Waals surface area contributed by atoms with Crippen molar-refractivity contribution < 1.29 is 43.8 Å². The summed E-state index contributed by atoms with van der Waals surface area (Å²) in [6.45, 7) is 10.9. The van der Waals surface area contributed by atoms with Crippen LogP contribution in [0.5, 0.6) is 0 Å². The Hall–Kier alpha value is -5.62. The second kappa shape index (κ2) is 33.6. The van der Waals surface area contributed by atoms with E-state index >= 15 is 0 Å². The summed E-state index contributed by atoms with van der Waals surface area (Å²) in [4.78, 5) is 63.0. The fraction of sp³-hybridized carbons (Fsp3) is 0.462. The number of carboxylic acids is 3. The second-order valence-electron chi connectivity index (χ2n) is 7.05. The molecule has 1 aromatic heterocycles. The topological polar surface area (TPSA) is 311 Å². The van der Waals surface area contributed by atoms with Gasteiger partial charge in [-0.2, -0.15) is 4.98 Å². The van der Waals surface area contributed by atoms with Gasteiger partial charge in [0.15, 0.2) is 11.8 Å². The van der Waals surface area contributed by atoms with Crippen LogP contribution in [-0.4, -0.2) is 80.4 Å². The third kappa shape index (κ3) is 32.6. The van der Waals surface area contributed by atoms with Gasteiger partial charge >= 0.3 is 23.9 Å². The first-order valence-corrected chi connectivity index (χ1v) is 12.6. The Kier molecular flexibility index (Phi) is 36.7. The molecule has 248 valence electrons. The number of nitrogens with one attached hydrogen (secondary N) is 3. The minimum atomic E-state index is -1.53. The fourth-order valence-electron chi connectivity index (χ4n) is 2.05. The highest BCUT2D eigenvalue weighted by atomic mass is 16.5. The molecule has 0 radical (unpaired) electrons. The molecule has 18 heteroatoms. The Balaban J connectivity index is -0.000000264. The lowest BCUT2D eigenvalue weighted by molar-refractivity contribution is -0.140. The van der Waals surface area contributed by atoms with Crippen LogP contribution in [0.3, 0.4) is 0 Å². The standard InChI is InChI=1S/C13H18N6O9.C4H11N3.C3H6.C2H6.2C2H2/c14-5(1-8(20)21)11-18-7(28-19-11)3-16-13(27)17-6(2-9(22)23)12(26)15-4-10(24)25;1-2-3-7-4(5)6;1-3-2;3*1-2/h5-6H,1-4,14H2,(H,15,26)(H,20,21)(H,22,23)(H,24,25)(H2,16,17,27);2-3H2,1H3,(H4,5,6,7);3H,1H2,2H3;1-2H3;2*1-2H/t5-,6-;;;;;/m0...../s1. The number of carbonyl (C=O) groups is 5. The predicted molar refractivity (Wildman–Crippen MR) is 164 cm³/mol. The van der Waals surface area contributed by atoms with Crippen molar-refractivity contribution in [1.29, 1.82) is 0 Å². The zero-order chi connectivity index (χ0) is 35.7. The number of urea groups is 1. The Morgan fingerprint density at radius 3 is 1.89 bits per heavy atom. The predicted octanol–water partition coefficient (Wildman–Crippen LogP) is -0.225. The van der Waals surface area contributed by atoms with Gasteiger partial charge in [-0.3, -0.25) is 24.2 Å². The summed E-state index contributed by atoms with van der Waals surface area (Å²) in [6, 6.07) is -3.51. The van der Waals surface area contributed by atoms with Crippen LogP contribution in [-0.2, 0) is 25.7 Å². The van der Waals surface area contributed by atoms with E-state index in [2.05, 4.69) is 58.0 Å². The average Bonchev–Trinajstić information content (AvgIpc) is 3.46. The number of carboxylic acid groups (broad SMARTS) is 3. The monoisotopic (exact) mass is 627 g/mol. The van der Waals surface area contributed by atoms with Gasteiger partial charge in [0.2, 0.25) is 11.8 Å². The highest BCUT2D eigenvalue weighted by Gasteiger charge is 2.24. The van der Waals surface area contributed by atoms with Crippen molar-refractivity contribution in [2.24, 2.45) is 22.2 Å². The van der Waals surface area contributed by atoms with E-state index in [1.165, 1.54) is 0 Å². The third-order valence-electron chi connectivity index (χ3n) is 3.54. The van der Waals surface area contributed by atoms with Crippen molar-refractivity contribution in [3.05, 3.63) is 24.4 Å². The van der Waals surface area contributed by atoms with Gasteiger partial charge in [0.05, 0.1) is 25.4 Å². The molecule has 0 aromatic carbocycles. The molecule has 2 atom stereocenters. The molecule has 0 saturated heterocycles. The van der Waals surface area contributed by atoms with Crippen molar-refractivity contribution in [2.75, 3.05) is 13.1 Å². The largest absolute Gasteiger partial charge is 0.481 e. The molecule has 18 nitrogen and oxygen atoms in total. The first-order chi connectivity index (χ1) is 20.8. The second-order valence-corrected chi connectivity index (χ2v) is 7.05. The molecule has 0 aliphatic heterocycles. The van der Waals surface area contributed by atoms with Crippen LogP contribution in [0.15, 0.2) is 22.2 Å². The summed E-state index contributed by atoms with van der Waals surface area (Å²) in [5.74, 6) is -4.93. The minimum Gasteiger partial charge on any atom is -0.481 e. The van der Waals surface area contributed by atoms with Gasteiger partial charge in [0, 0.05) is 6.54 Å². The molecule has 3 amide bonds. The first-order valence-electron chi connectivity index (χ1n) is 12.6. The van der Waals surface area contributed by atoms with E-state index in [4.69, 9.17) is 37.0 Å². The van der Waals surface area contributed by atoms with Gasteiger partial charge in [0.25, 0.3) is 0 Å². The van der Waals surface area contributed by atoms with Crippen LogP contribution in [0.4, 0.5) is 4.79 Å². The van der Waals surface area contributed by atoms with E-state index in [-0.39, 0.29) is 24.2 Å². The number of hydrogen-bond acceptors (Lipinski definition) is 10. The van der Waals surface area contributed by atoms with Gasteiger partial charge < -0.3 is 53.0 Å². The van der Waals surface area contributed by atoms with Crippen LogP contribution >= 0.6 is 0 Å². The maximum absolute atomic E-state index is 11.8. The Bertz CT molecular complexity index is 1030. The SMILES string of the molecule is C#C.C#C.C=CC.CC.CCCN=C(N)N.N[C@@H](CC(=O)O)c1noc(CNC(=O)N[C@@H](CC(=O)O)C(=O)NCC(=O)O)n1. The van der Waals surface area contributed by atoms with Crippen LogP contribution in [0.1, 0.15) is 64.7 Å². The zero-order valence-electron chi connectivity index (χ0n) is 25.4. The summed E-state index contributed by atoms with van der Waals surface area (Å²) < 4.78 is 4.78. The molecule has 0 saturated carbocycles. The molecule has 0 fully saturated rings. The number of terminal acetylenes is 2. The molecule has 44 heavy (non-hydrogen) atoms. The van der Waals surface area contributed by atoms with Crippen molar-refractivity contribution >= 4 is 35.8 Å². The molecule has 1 aromatic rings. The lowest BCUT2D eigenvalue weighted by atomic mass is 10.2. The fourth-order valence-corrected chi connectivity index (χ4v) is 2.05. The summed E-state index contributed by atoms with van der Waals surface area (Å²) in [6.07, 6.45) is 17.5. The molecular weight excluding hydrogens is 582 g/mol. The average molecular weight is 628 g/mol. The highest BCUT2D eigenvalue weighted by molar-refractivity contribution is 5.91. The van der Waals surface area contributed by atoms with Gasteiger partial charge in [0.1, 0.15) is 12.6 Å². The van der Waals surface area contributed by atoms with Crippen LogP contribution in [0.25, 0.3) is 0 Å². The number of hydrogen-bond donors (Lipinski definition) is 9. The first kappa shape index (κ1) is 48.1. The smallest absolute Gasteiger partial charge is 0.322 e. The van der Waals surface area contributed by atoms with Crippen molar-refractivity contribution in [3.8, 4) is 25.7 Å². The molecule has 12 N–H and O–H groups in total. The van der Waals surface area contributed by atoms with Crippen molar-refractivity contribution in [1.82, 2.24) is 26.1 Å². The number of amides is 3. The third-order valence-corrected chi connectivity index (χ3v) is 3.54. The number of aromatic nitrogens is 2. The number of aliphatic carboxylic acids is 3. The van der Waals surface area contributed by atoms with Gasteiger partial charge in [-0.05, 0) is 13.3 Å². The van der Waals surface area contributed by atoms with E-state index in [1.54, 1.807) is 6.08 Å². The molecule has 1 rings (SSSR count). The normalized spacial score (nSPS) is 9.75. The van der Waals surface area contributed by atoms with Crippen molar-refractivity contribution in [2.45, 2.75) is 65.6 Å². The lowest BCUT2D eigenvalue weighted by Crippen LogP contribution is -2.51. The van der Waals surface area contributed by atoms with Crippen molar-refractivity contribution in [3.63, 3.8) is 0 Å². The Morgan fingerprint density at radius 1 is 1.00 bits per heavy atom. The van der Waals surface area contributed by atoms with E-state index in [0.29, 0.717) is 0 Å². The summed E-state index contributed by atoms with van der Waals surface area (Å²) in [7, 11) is 0. The Labute approximate surface area is 256 Å². The van der Waals surface area contributed by atoms with Crippen LogP contribution < -0.4 is 33.2 Å². The number of rotatable bonds is 13. The number of aliphatic imine (C=N–C) groups is 1.